The molecule has 76 valence electrons. The van der Waals surface area contributed by atoms with Crippen LogP contribution in [-0.2, 0) is 4.74 Å². The Morgan fingerprint density at radius 2 is 2.00 bits per heavy atom. The summed E-state index contributed by atoms with van der Waals surface area (Å²) < 4.78 is 5.50. The first-order valence-corrected chi connectivity index (χ1v) is 5.58. The summed E-state index contributed by atoms with van der Waals surface area (Å²) in [5.74, 6) is 0. The lowest BCUT2D eigenvalue weighted by molar-refractivity contribution is -0.00135. The number of hydrogen-bond acceptors (Lipinski definition) is 2. The molecule has 1 unspecified atom stereocenters. The lowest BCUT2D eigenvalue weighted by atomic mass is 9.67. The van der Waals surface area contributed by atoms with Crippen LogP contribution in [0.15, 0.2) is 0 Å². The van der Waals surface area contributed by atoms with Crippen LogP contribution < -0.4 is 5.32 Å². The maximum atomic E-state index is 5.50. The molecular weight excluding hydrogens is 162 g/mol. The van der Waals surface area contributed by atoms with Gasteiger partial charge in [-0.05, 0) is 50.6 Å². The Kier molecular flexibility index (Phi) is 2.89. The second-order valence-electron chi connectivity index (χ2n) is 4.70. The summed E-state index contributed by atoms with van der Waals surface area (Å²) in [5, 5.41) is 3.45. The first-order chi connectivity index (χ1) is 6.35. The Bertz CT molecular complexity index is 158. The fourth-order valence-corrected chi connectivity index (χ4v) is 3.00. The molecule has 1 atom stereocenters. The van der Waals surface area contributed by atoms with E-state index in [4.69, 9.17) is 4.74 Å². The molecule has 0 amide bonds. The molecule has 1 aliphatic heterocycles. The highest BCUT2D eigenvalue weighted by Crippen LogP contribution is 2.43. The van der Waals surface area contributed by atoms with Gasteiger partial charge in [0.25, 0.3) is 0 Å². The monoisotopic (exact) mass is 183 g/mol. The molecule has 1 saturated carbocycles. The lowest BCUT2D eigenvalue weighted by Gasteiger charge is -2.43. The number of piperidine rings is 1. The molecule has 0 aromatic heterocycles. The Balaban J connectivity index is 1.95. The number of nitrogens with one attached hydrogen (secondary N) is 1. The van der Waals surface area contributed by atoms with Crippen LogP contribution in [0.4, 0.5) is 0 Å². The third kappa shape index (κ3) is 2.05. The second-order valence-corrected chi connectivity index (χ2v) is 4.70. The third-order valence-electron chi connectivity index (χ3n) is 3.89. The standard InChI is InChI=1S/C11H21NO/c1-13-10-3-2-4-11(9-10)5-7-12-8-6-11/h10,12H,2-9H2,1H3. The van der Waals surface area contributed by atoms with Gasteiger partial charge in [-0.1, -0.05) is 6.42 Å². The van der Waals surface area contributed by atoms with Crippen molar-refractivity contribution in [1.29, 1.82) is 0 Å². The molecule has 2 rings (SSSR count). The van der Waals surface area contributed by atoms with Crippen molar-refractivity contribution in [3.8, 4) is 0 Å². The maximum absolute atomic E-state index is 5.50. The van der Waals surface area contributed by atoms with E-state index in [-0.39, 0.29) is 0 Å². The minimum Gasteiger partial charge on any atom is -0.381 e. The maximum Gasteiger partial charge on any atom is 0.0576 e. The summed E-state index contributed by atoms with van der Waals surface area (Å²) in [4.78, 5) is 0. The van der Waals surface area contributed by atoms with E-state index in [0.29, 0.717) is 11.5 Å². The van der Waals surface area contributed by atoms with E-state index >= 15 is 0 Å². The van der Waals surface area contributed by atoms with E-state index in [1.54, 1.807) is 0 Å². The molecule has 1 saturated heterocycles. The van der Waals surface area contributed by atoms with Gasteiger partial charge in [-0.25, -0.2) is 0 Å². The van der Waals surface area contributed by atoms with Crippen molar-refractivity contribution in [2.24, 2.45) is 5.41 Å². The van der Waals surface area contributed by atoms with Crippen molar-refractivity contribution >= 4 is 0 Å². The molecular formula is C11H21NO. The Hall–Kier alpha value is -0.0800. The Labute approximate surface area is 81.0 Å². The van der Waals surface area contributed by atoms with Crippen LogP contribution in [-0.4, -0.2) is 26.3 Å². The van der Waals surface area contributed by atoms with Crippen LogP contribution in [0.3, 0.4) is 0 Å². The highest BCUT2D eigenvalue weighted by atomic mass is 16.5. The van der Waals surface area contributed by atoms with Gasteiger partial charge in [0.2, 0.25) is 0 Å². The fourth-order valence-electron chi connectivity index (χ4n) is 3.00. The zero-order valence-corrected chi connectivity index (χ0v) is 8.64. The van der Waals surface area contributed by atoms with E-state index in [2.05, 4.69) is 5.32 Å². The Morgan fingerprint density at radius 3 is 2.69 bits per heavy atom. The first kappa shape index (κ1) is 9.47. The van der Waals surface area contributed by atoms with E-state index in [0.717, 1.165) is 0 Å². The van der Waals surface area contributed by atoms with Crippen LogP contribution in [0.2, 0.25) is 0 Å². The van der Waals surface area contributed by atoms with Crippen molar-refractivity contribution in [2.75, 3.05) is 20.2 Å². The zero-order valence-electron chi connectivity index (χ0n) is 8.64. The van der Waals surface area contributed by atoms with Gasteiger partial charge in [-0.2, -0.15) is 0 Å². The number of rotatable bonds is 1. The van der Waals surface area contributed by atoms with E-state index in [9.17, 15) is 0 Å². The fraction of sp³-hybridized carbons (Fsp3) is 1.00. The predicted molar refractivity (Wildman–Crippen MR) is 53.8 cm³/mol. The molecule has 0 bridgehead atoms. The second kappa shape index (κ2) is 3.97. The van der Waals surface area contributed by atoms with Gasteiger partial charge in [-0.3, -0.25) is 0 Å². The van der Waals surface area contributed by atoms with Crippen LogP contribution >= 0.6 is 0 Å². The zero-order chi connectivity index (χ0) is 9.15. The van der Waals surface area contributed by atoms with E-state index in [1.165, 1.54) is 51.6 Å². The predicted octanol–water partition coefficient (Wildman–Crippen LogP) is 1.95. The quantitative estimate of drug-likeness (QED) is 0.671. The van der Waals surface area contributed by atoms with Crippen LogP contribution in [0.1, 0.15) is 38.5 Å². The van der Waals surface area contributed by atoms with Crippen molar-refractivity contribution in [1.82, 2.24) is 5.32 Å². The third-order valence-corrected chi connectivity index (χ3v) is 3.89. The van der Waals surface area contributed by atoms with Gasteiger partial charge >= 0.3 is 0 Å². The molecule has 2 aliphatic rings. The Morgan fingerprint density at radius 1 is 1.23 bits per heavy atom. The molecule has 2 nitrogen and oxygen atoms in total. The van der Waals surface area contributed by atoms with Crippen molar-refractivity contribution in [3.05, 3.63) is 0 Å². The van der Waals surface area contributed by atoms with E-state index < -0.39 is 0 Å². The molecule has 2 heteroatoms. The SMILES string of the molecule is COC1CCCC2(CCNCC2)C1. The molecule has 2 fully saturated rings. The van der Waals surface area contributed by atoms with Crippen LogP contribution in [0.5, 0.6) is 0 Å². The summed E-state index contributed by atoms with van der Waals surface area (Å²) in [7, 11) is 1.87. The molecule has 1 N–H and O–H groups in total. The van der Waals surface area contributed by atoms with Gasteiger partial charge in [-0.15, -0.1) is 0 Å². The van der Waals surface area contributed by atoms with Crippen LogP contribution in [0, 0.1) is 5.41 Å². The van der Waals surface area contributed by atoms with Gasteiger partial charge in [0, 0.05) is 7.11 Å². The molecule has 0 aromatic carbocycles. The van der Waals surface area contributed by atoms with Crippen molar-refractivity contribution < 1.29 is 4.74 Å². The highest BCUT2D eigenvalue weighted by molar-refractivity contribution is 4.90. The average Bonchev–Trinajstić information content (AvgIpc) is 2.19. The molecule has 1 heterocycles. The number of hydrogen-bond donors (Lipinski definition) is 1. The number of ether oxygens (including phenoxy) is 1. The van der Waals surface area contributed by atoms with Crippen molar-refractivity contribution in [3.63, 3.8) is 0 Å². The summed E-state index contributed by atoms with van der Waals surface area (Å²) in [6, 6.07) is 0. The lowest BCUT2D eigenvalue weighted by Crippen LogP contribution is -2.41. The van der Waals surface area contributed by atoms with E-state index in [1.807, 2.05) is 7.11 Å². The smallest absolute Gasteiger partial charge is 0.0576 e. The normalized spacial score (nSPS) is 33.5. The largest absolute Gasteiger partial charge is 0.381 e. The topological polar surface area (TPSA) is 21.3 Å². The van der Waals surface area contributed by atoms with Crippen molar-refractivity contribution in [2.45, 2.75) is 44.6 Å². The summed E-state index contributed by atoms with van der Waals surface area (Å²) in [6.45, 7) is 2.44. The molecule has 0 radical (unpaired) electrons. The van der Waals surface area contributed by atoms with Gasteiger partial charge < -0.3 is 10.1 Å². The minimum atomic E-state index is 0.548. The van der Waals surface area contributed by atoms with Gasteiger partial charge in [0.05, 0.1) is 6.10 Å². The molecule has 1 spiro atoms. The van der Waals surface area contributed by atoms with Gasteiger partial charge in [0.1, 0.15) is 0 Å². The number of methoxy groups -OCH3 is 1. The average molecular weight is 183 g/mol. The highest BCUT2D eigenvalue weighted by Gasteiger charge is 2.37. The summed E-state index contributed by atoms with van der Waals surface area (Å²) >= 11 is 0. The molecule has 1 aliphatic carbocycles. The molecule has 13 heavy (non-hydrogen) atoms. The van der Waals surface area contributed by atoms with Gasteiger partial charge in [0.15, 0.2) is 0 Å². The summed E-state index contributed by atoms with van der Waals surface area (Å²) in [5.41, 5.74) is 0.643. The van der Waals surface area contributed by atoms with Crippen LogP contribution in [0.25, 0.3) is 0 Å². The minimum absolute atomic E-state index is 0.548. The summed E-state index contributed by atoms with van der Waals surface area (Å²) in [6.07, 6.45) is 8.69. The first-order valence-electron chi connectivity index (χ1n) is 5.58. The molecule has 0 aromatic rings.